The van der Waals surface area contributed by atoms with Crippen LogP contribution < -0.4 is 5.32 Å². The van der Waals surface area contributed by atoms with Crippen molar-refractivity contribution in [2.24, 2.45) is 7.05 Å². The molecule has 1 N–H and O–H groups in total. The van der Waals surface area contributed by atoms with E-state index in [1.165, 1.54) is 0 Å². The molecule has 7 nitrogen and oxygen atoms in total. The molecule has 4 aromatic rings. The lowest BCUT2D eigenvalue weighted by Gasteiger charge is -2.09. The molecule has 0 saturated heterocycles. The van der Waals surface area contributed by atoms with Crippen molar-refractivity contribution in [3.8, 4) is 0 Å². The van der Waals surface area contributed by atoms with Gasteiger partial charge in [-0.25, -0.2) is 0 Å². The quantitative estimate of drug-likeness (QED) is 0.444. The van der Waals surface area contributed by atoms with Gasteiger partial charge in [0, 0.05) is 46.7 Å². The maximum Gasteiger partial charge on any atom is 0.261 e. The van der Waals surface area contributed by atoms with E-state index in [-0.39, 0.29) is 0 Å². The van der Waals surface area contributed by atoms with Gasteiger partial charge in [-0.1, -0.05) is 29.8 Å². The number of aryl methyl sites for hydroxylation is 2. The molecule has 1 aliphatic rings. The van der Waals surface area contributed by atoms with E-state index in [1.54, 1.807) is 0 Å². The molecule has 0 saturated carbocycles. The van der Waals surface area contributed by atoms with Gasteiger partial charge in [-0.15, -0.1) is 0 Å². The Morgan fingerprint density at radius 1 is 1.00 bits per heavy atom. The first-order chi connectivity index (χ1) is 15.8. The zero-order valence-electron chi connectivity index (χ0n) is 18.7. The molecule has 2 aromatic heterocycles. The summed E-state index contributed by atoms with van der Waals surface area (Å²) < 4.78 is 3.86. The van der Waals surface area contributed by atoms with Crippen molar-refractivity contribution >= 4 is 56.4 Å². The second kappa shape index (κ2) is 8.17. The Balaban J connectivity index is 1.73. The van der Waals surface area contributed by atoms with Gasteiger partial charge < -0.3 is 9.47 Å². The van der Waals surface area contributed by atoms with E-state index in [0.29, 0.717) is 34.0 Å². The Morgan fingerprint density at radius 3 is 2.55 bits per heavy atom. The zero-order valence-corrected chi connectivity index (χ0v) is 19.5. The highest BCUT2D eigenvalue weighted by atomic mass is 35.5. The van der Waals surface area contributed by atoms with Crippen LogP contribution in [0.25, 0.3) is 33.0 Å². The van der Waals surface area contributed by atoms with Gasteiger partial charge in [0.1, 0.15) is 5.69 Å². The summed E-state index contributed by atoms with van der Waals surface area (Å²) in [5.41, 5.74) is 3.68. The molecule has 0 fully saturated rings. The highest BCUT2D eigenvalue weighted by Crippen LogP contribution is 2.38. The van der Waals surface area contributed by atoms with E-state index in [1.807, 2.05) is 79.1 Å². The number of hydrogen-bond donors (Lipinski definition) is 1. The molecular weight excluding hydrogens is 438 g/mol. The van der Waals surface area contributed by atoms with E-state index in [2.05, 4.69) is 10.2 Å². The van der Waals surface area contributed by atoms with Crippen LogP contribution in [0.15, 0.2) is 48.7 Å². The lowest BCUT2D eigenvalue weighted by molar-refractivity contribution is -0.122. The van der Waals surface area contributed by atoms with E-state index < -0.39 is 11.8 Å². The number of para-hydroxylation sites is 1. The Hall–Kier alpha value is -3.42. The van der Waals surface area contributed by atoms with Crippen molar-refractivity contribution in [2.45, 2.75) is 13.0 Å². The van der Waals surface area contributed by atoms with Crippen LogP contribution >= 0.6 is 11.6 Å². The average molecular weight is 462 g/mol. The first-order valence-corrected chi connectivity index (χ1v) is 11.2. The van der Waals surface area contributed by atoms with Crippen molar-refractivity contribution < 1.29 is 9.59 Å². The molecule has 2 aromatic carbocycles. The molecule has 0 radical (unpaired) electrons. The van der Waals surface area contributed by atoms with Crippen LogP contribution in [0.5, 0.6) is 0 Å². The van der Waals surface area contributed by atoms with Gasteiger partial charge in [-0.2, -0.15) is 5.10 Å². The average Bonchev–Trinajstić information content (AvgIpc) is 3.38. The molecule has 0 aliphatic carbocycles. The fraction of sp³-hybridized carbons (Fsp3) is 0.240. The third kappa shape index (κ3) is 3.63. The highest BCUT2D eigenvalue weighted by molar-refractivity contribution is 6.50. The Kier molecular flexibility index (Phi) is 5.31. The number of nitrogens with one attached hydrogen (secondary N) is 1. The summed E-state index contributed by atoms with van der Waals surface area (Å²) in [5, 5.41) is 9.54. The molecule has 8 heteroatoms. The van der Waals surface area contributed by atoms with Crippen LogP contribution in [0.1, 0.15) is 17.7 Å². The van der Waals surface area contributed by atoms with E-state index in [4.69, 9.17) is 16.7 Å². The maximum absolute atomic E-state index is 13.1. The molecule has 0 spiro atoms. The number of carbonyl (C=O) groups is 2. The highest BCUT2D eigenvalue weighted by Gasteiger charge is 2.36. The molecule has 168 valence electrons. The van der Waals surface area contributed by atoms with Gasteiger partial charge in [-0.05, 0) is 51.3 Å². The summed E-state index contributed by atoms with van der Waals surface area (Å²) in [5.74, 6) is -0.855. The van der Waals surface area contributed by atoms with Gasteiger partial charge in [0.05, 0.1) is 16.7 Å². The molecule has 3 heterocycles. The van der Waals surface area contributed by atoms with E-state index >= 15 is 0 Å². The predicted octanol–water partition coefficient (Wildman–Crippen LogP) is 3.70. The topological polar surface area (TPSA) is 72.2 Å². The molecule has 0 atom stereocenters. The number of imide groups is 1. The zero-order chi connectivity index (χ0) is 23.3. The van der Waals surface area contributed by atoms with Crippen molar-refractivity contribution in [1.29, 1.82) is 0 Å². The van der Waals surface area contributed by atoms with Gasteiger partial charge in [-0.3, -0.25) is 19.6 Å². The summed E-state index contributed by atoms with van der Waals surface area (Å²) in [4.78, 5) is 28.2. The fourth-order valence-corrected chi connectivity index (χ4v) is 4.69. The molecule has 5 rings (SSSR count). The number of nitrogens with zero attached hydrogens (tertiary/aromatic N) is 4. The molecule has 2 amide bonds. The van der Waals surface area contributed by atoms with Crippen LogP contribution in [0.4, 0.5) is 0 Å². The fourth-order valence-electron chi connectivity index (χ4n) is 4.52. The Bertz CT molecular complexity index is 1460. The number of halogens is 1. The second-order valence-corrected chi connectivity index (χ2v) is 9.03. The second-order valence-electron chi connectivity index (χ2n) is 8.59. The minimum Gasteiger partial charge on any atom is -0.350 e. The van der Waals surface area contributed by atoms with Crippen molar-refractivity contribution in [2.75, 3.05) is 20.6 Å². The smallest absolute Gasteiger partial charge is 0.261 e. The maximum atomic E-state index is 13.1. The molecule has 1 aliphatic heterocycles. The number of aromatic nitrogens is 3. The lowest BCUT2D eigenvalue weighted by Crippen LogP contribution is -2.22. The van der Waals surface area contributed by atoms with Gasteiger partial charge in [0.25, 0.3) is 11.8 Å². The Labute approximate surface area is 196 Å². The normalized spacial score (nSPS) is 14.3. The number of rotatable bonds is 6. The van der Waals surface area contributed by atoms with Crippen LogP contribution in [-0.2, 0) is 23.2 Å². The minimum atomic E-state index is -0.433. The first kappa shape index (κ1) is 21.4. The van der Waals surface area contributed by atoms with Crippen molar-refractivity contribution in [1.82, 2.24) is 24.6 Å². The summed E-state index contributed by atoms with van der Waals surface area (Å²) >= 11 is 6.27. The standard InChI is InChI=1S/C25H24ClN5O2/c1-29(2)11-6-12-31-20-8-5-4-7-16(20)23(28-31)22-21(24(32)27-25(22)33)18-14-30(3)19-10-9-15(26)13-17(18)19/h4-5,7-10,13-14H,6,11-12H2,1-3H3,(H,27,32,33). The summed E-state index contributed by atoms with van der Waals surface area (Å²) in [6.45, 7) is 1.63. The van der Waals surface area contributed by atoms with Gasteiger partial charge in [0.15, 0.2) is 0 Å². The minimum absolute atomic E-state index is 0.301. The van der Waals surface area contributed by atoms with Crippen molar-refractivity contribution in [3.63, 3.8) is 0 Å². The van der Waals surface area contributed by atoms with Crippen molar-refractivity contribution in [3.05, 3.63) is 64.9 Å². The molecule has 0 bridgehead atoms. The van der Waals surface area contributed by atoms with Crippen LogP contribution in [0.3, 0.4) is 0 Å². The molecule has 33 heavy (non-hydrogen) atoms. The lowest BCUT2D eigenvalue weighted by atomic mass is 9.97. The summed E-state index contributed by atoms with van der Waals surface area (Å²) in [6.07, 6.45) is 2.78. The SMILES string of the molecule is CN(C)CCCn1nc(C2=C(c3cn(C)c4ccc(Cl)cc34)C(=O)NC2=O)c2ccccc21. The largest absolute Gasteiger partial charge is 0.350 e. The van der Waals surface area contributed by atoms with Gasteiger partial charge >= 0.3 is 0 Å². The number of benzene rings is 2. The number of carbonyl (C=O) groups excluding carboxylic acids is 2. The van der Waals surface area contributed by atoms with Crippen LogP contribution in [0.2, 0.25) is 5.02 Å². The summed E-state index contributed by atoms with van der Waals surface area (Å²) in [7, 11) is 5.98. The number of fused-ring (bicyclic) bond motifs is 2. The van der Waals surface area contributed by atoms with Crippen LogP contribution in [0, 0.1) is 0 Å². The number of hydrogen-bond acceptors (Lipinski definition) is 4. The van der Waals surface area contributed by atoms with E-state index in [9.17, 15) is 9.59 Å². The predicted molar refractivity (Wildman–Crippen MR) is 131 cm³/mol. The first-order valence-electron chi connectivity index (χ1n) is 10.8. The third-order valence-electron chi connectivity index (χ3n) is 6.02. The van der Waals surface area contributed by atoms with Crippen LogP contribution in [-0.4, -0.2) is 51.7 Å². The number of amides is 2. The summed E-state index contributed by atoms with van der Waals surface area (Å²) in [6, 6.07) is 13.4. The third-order valence-corrected chi connectivity index (χ3v) is 6.26. The van der Waals surface area contributed by atoms with Gasteiger partial charge in [0.2, 0.25) is 0 Å². The van der Waals surface area contributed by atoms with E-state index in [0.717, 1.165) is 34.8 Å². The molecular formula is C25H24ClN5O2. The Morgan fingerprint density at radius 2 is 1.76 bits per heavy atom. The molecule has 0 unspecified atom stereocenters. The monoisotopic (exact) mass is 461 g/mol.